The lowest BCUT2D eigenvalue weighted by Crippen LogP contribution is -2.29. The maximum Gasteiger partial charge on any atom is 0.0558 e. The molecule has 1 aromatic rings. The van der Waals surface area contributed by atoms with E-state index in [-0.39, 0.29) is 6.61 Å². The number of hydrogen-bond donors (Lipinski definition) is 2. The van der Waals surface area contributed by atoms with Crippen molar-refractivity contribution in [1.29, 1.82) is 0 Å². The highest BCUT2D eigenvalue weighted by molar-refractivity contribution is 9.10. The zero-order valence-electron chi connectivity index (χ0n) is 11.2. The third-order valence-corrected chi connectivity index (χ3v) is 3.73. The number of hydrogen-bond acceptors (Lipinski definition) is 3. The van der Waals surface area contributed by atoms with Crippen molar-refractivity contribution in [1.82, 2.24) is 10.2 Å². The molecule has 0 saturated heterocycles. The minimum Gasteiger partial charge on any atom is -0.395 e. The van der Waals surface area contributed by atoms with Crippen molar-refractivity contribution in [2.45, 2.75) is 19.4 Å². The second-order valence-corrected chi connectivity index (χ2v) is 5.30. The van der Waals surface area contributed by atoms with Gasteiger partial charge in [-0.25, -0.2) is 0 Å². The first kappa shape index (κ1) is 15.6. The Kier molecular flexibility index (Phi) is 7.51. The summed E-state index contributed by atoms with van der Waals surface area (Å²) in [4.78, 5) is 2.15. The highest BCUT2D eigenvalue weighted by atomic mass is 79.9. The summed E-state index contributed by atoms with van der Waals surface area (Å²) in [5.41, 5.74) is 1.30. The first-order valence-electron chi connectivity index (χ1n) is 6.46. The second-order valence-electron chi connectivity index (χ2n) is 4.45. The standard InChI is InChI=1S/C14H23BrN2O/c1-3-16-14(8-9-17(2)10-11-18)12-6-4-5-7-13(12)15/h4-7,14,16,18H,3,8-11H2,1-2H3. The van der Waals surface area contributed by atoms with Gasteiger partial charge in [0.15, 0.2) is 0 Å². The van der Waals surface area contributed by atoms with Crippen LogP contribution in [-0.2, 0) is 0 Å². The lowest BCUT2D eigenvalue weighted by Gasteiger charge is -2.23. The van der Waals surface area contributed by atoms with Gasteiger partial charge < -0.3 is 15.3 Å². The van der Waals surface area contributed by atoms with Gasteiger partial charge in [0.2, 0.25) is 0 Å². The largest absolute Gasteiger partial charge is 0.395 e. The molecular weight excluding hydrogens is 292 g/mol. The van der Waals surface area contributed by atoms with E-state index in [0.717, 1.165) is 30.5 Å². The molecule has 0 amide bonds. The summed E-state index contributed by atoms with van der Waals surface area (Å²) < 4.78 is 1.15. The van der Waals surface area contributed by atoms with E-state index in [0.29, 0.717) is 6.04 Å². The zero-order chi connectivity index (χ0) is 13.4. The molecular formula is C14H23BrN2O. The van der Waals surface area contributed by atoms with Crippen LogP contribution in [0.3, 0.4) is 0 Å². The molecule has 0 saturated carbocycles. The molecule has 0 aliphatic rings. The molecule has 0 spiro atoms. The number of aliphatic hydroxyl groups excluding tert-OH is 1. The van der Waals surface area contributed by atoms with Gasteiger partial charge in [0.25, 0.3) is 0 Å². The van der Waals surface area contributed by atoms with Gasteiger partial charge in [0.05, 0.1) is 6.61 Å². The maximum atomic E-state index is 8.90. The summed E-state index contributed by atoms with van der Waals surface area (Å²) in [6.07, 6.45) is 1.03. The van der Waals surface area contributed by atoms with Crippen molar-refractivity contribution in [3.8, 4) is 0 Å². The fourth-order valence-electron chi connectivity index (χ4n) is 2.00. The van der Waals surface area contributed by atoms with Crippen LogP contribution in [0.4, 0.5) is 0 Å². The summed E-state index contributed by atoms with van der Waals surface area (Å²) >= 11 is 3.61. The highest BCUT2D eigenvalue weighted by Crippen LogP contribution is 2.25. The third kappa shape index (κ3) is 5.06. The minimum atomic E-state index is 0.220. The van der Waals surface area contributed by atoms with Crippen molar-refractivity contribution in [2.24, 2.45) is 0 Å². The summed E-state index contributed by atoms with van der Waals surface area (Å²) in [6, 6.07) is 8.70. The summed E-state index contributed by atoms with van der Waals surface area (Å²) in [5, 5.41) is 12.4. The van der Waals surface area contributed by atoms with E-state index in [1.54, 1.807) is 0 Å². The predicted molar refractivity (Wildman–Crippen MR) is 79.8 cm³/mol. The van der Waals surface area contributed by atoms with Gasteiger partial charge in [-0.3, -0.25) is 0 Å². The average Bonchev–Trinajstić information content (AvgIpc) is 2.36. The molecule has 0 radical (unpaired) electrons. The molecule has 0 heterocycles. The molecule has 0 aliphatic heterocycles. The first-order valence-corrected chi connectivity index (χ1v) is 7.25. The SMILES string of the molecule is CCNC(CCN(C)CCO)c1ccccc1Br. The molecule has 4 heteroatoms. The number of benzene rings is 1. The minimum absolute atomic E-state index is 0.220. The molecule has 1 unspecified atom stereocenters. The van der Waals surface area contributed by atoms with Crippen molar-refractivity contribution in [3.05, 3.63) is 34.3 Å². The fourth-order valence-corrected chi connectivity index (χ4v) is 2.56. The summed E-state index contributed by atoms with van der Waals surface area (Å²) in [6.45, 7) is 5.00. The van der Waals surface area contributed by atoms with Crippen LogP contribution in [0.15, 0.2) is 28.7 Å². The van der Waals surface area contributed by atoms with Gasteiger partial charge in [-0.05, 0) is 38.2 Å². The second kappa shape index (κ2) is 8.64. The van der Waals surface area contributed by atoms with Crippen LogP contribution in [0.5, 0.6) is 0 Å². The van der Waals surface area contributed by atoms with E-state index in [2.05, 4.69) is 51.3 Å². The van der Waals surface area contributed by atoms with Gasteiger partial charge in [0.1, 0.15) is 0 Å². The quantitative estimate of drug-likeness (QED) is 0.773. The number of rotatable bonds is 8. The number of halogens is 1. The van der Waals surface area contributed by atoms with Crippen LogP contribution in [0, 0.1) is 0 Å². The Labute approximate surface area is 118 Å². The van der Waals surface area contributed by atoms with E-state index in [1.165, 1.54) is 5.56 Å². The van der Waals surface area contributed by atoms with Crippen LogP contribution in [-0.4, -0.2) is 43.3 Å². The van der Waals surface area contributed by atoms with Crippen molar-refractivity contribution in [3.63, 3.8) is 0 Å². The van der Waals surface area contributed by atoms with Gasteiger partial charge in [0, 0.05) is 17.1 Å². The van der Waals surface area contributed by atoms with E-state index in [4.69, 9.17) is 5.11 Å². The Balaban J connectivity index is 2.62. The number of aliphatic hydroxyl groups is 1. The zero-order valence-corrected chi connectivity index (χ0v) is 12.8. The molecule has 3 nitrogen and oxygen atoms in total. The molecule has 0 bridgehead atoms. The Morgan fingerprint density at radius 3 is 2.67 bits per heavy atom. The van der Waals surface area contributed by atoms with E-state index >= 15 is 0 Å². The fraction of sp³-hybridized carbons (Fsp3) is 0.571. The Bertz CT molecular complexity index is 346. The highest BCUT2D eigenvalue weighted by Gasteiger charge is 2.13. The Hall–Kier alpha value is -0.420. The van der Waals surface area contributed by atoms with Crippen LogP contribution in [0.25, 0.3) is 0 Å². The molecule has 0 aromatic heterocycles. The summed E-state index contributed by atoms with van der Waals surface area (Å²) in [5.74, 6) is 0. The lowest BCUT2D eigenvalue weighted by molar-refractivity contribution is 0.215. The van der Waals surface area contributed by atoms with Crippen LogP contribution < -0.4 is 5.32 Å². The topological polar surface area (TPSA) is 35.5 Å². The number of nitrogens with zero attached hydrogens (tertiary/aromatic N) is 1. The normalized spacial score (nSPS) is 12.9. The van der Waals surface area contributed by atoms with Gasteiger partial charge >= 0.3 is 0 Å². The lowest BCUT2D eigenvalue weighted by atomic mass is 10.0. The van der Waals surface area contributed by atoms with Crippen LogP contribution in [0.1, 0.15) is 24.9 Å². The molecule has 18 heavy (non-hydrogen) atoms. The molecule has 2 N–H and O–H groups in total. The van der Waals surface area contributed by atoms with E-state index < -0.39 is 0 Å². The van der Waals surface area contributed by atoms with Crippen LogP contribution in [0.2, 0.25) is 0 Å². The van der Waals surface area contributed by atoms with Crippen molar-refractivity contribution in [2.75, 3.05) is 33.3 Å². The number of nitrogens with one attached hydrogen (secondary N) is 1. The molecule has 0 fully saturated rings. The average molecular weight is 315 g/mol. The van der Waals surface area contributed by atoms with Gasteiger partial charge in [-0.15, -0.1) is 0 Å². The molecule has 1 atom stereocenters. The predicted octanol–water partition coefficient (Wildman–Crippen LogP) is 2.41. The molecule has 1 aromatic carbocycles. The Morgan fingerprint density at radius 2 is 2.06 bits per heavy atom. The van der Waals surface area contributed by atoms with Gasteiger partial charge in [-0.1, -0.05) is 41.1 Å². The third-order valence-electron chi connectivity index (χ3n) is 3.01. The van der Waals surface area contributed by atoms with Gasteiger partial charge in [-0.2, -0.15) is 0 Å². The van der Waals surface area contributed by atoms with Crippen molar-refractivity contribution < 1.29 is 5.11 Å². The van der Waals surface area contributed by atoms with Crippen molar-refractivity contribution >= 4 is 15.9 Å². The molecule has 0 aliphatic carbocycles. The number of likely N-dealkylation sites (N-methyl/N-ethyl adjacent to an activating group) is 1. The van der Waals surface area contributed by atoms with E-state index in [9.17, 15) is 0 Å². The smallest absolute Gasteiger partial charge is 0.0558 e. The first-order chi connectivity index (χ1) is 8.69. The van der Waals surface area contributed by atoms with Crippen LogP contribution >= 0.6 is 15.9 Å². The Morgan fingerprint density at radius 1 is 1.33 bits per heavy atom. The summed E-state index contributed by atoms with van der Waals surface area (Å²) in [7, 11) is 2.04. The monoisotopic (exact) mass is 314 g/mol. The van der Waals surface area contributed by atoms with E-state index in [1.807, 2.05) is 13.1 Å². The molecule has 102 valence electrons. The molecule has 1 rings (SSSR count). The maximum absolute atomic E-state index is 8.90.